The number of ether oxygens (including phenoxy) is 1. The molecule has 0 atom stereocenters. The largest absolute Gasteiger partial charge is 0.476 e. The summed E-state index contributed by atoms with van der Waals surface area (Å²) in [4.78, 5) is 11.2. The van der Waals surface area contributed by atoms with E-state index in [0.717, 1.165) is 5.39 Å². The van der Waals surface area contributed by atoms with Gasteiger partial charge >= 0.3 is 5.97 Å². The van der Waals surface area contributed by atoms with Gasteiger partial charge in [0.15, 0.2) is 5.69 Å². The van der Waals surface area contributed by atoms with Gasteiger partial charge in [-0.25, -0.2) is 4.79 Å². The summed E-state index contributed by atoms with van der Waals surface area (Å²) in [6, 6.07) is 7.28. The van der Waals surface area contributed by atoms with Crippen LogP contribution in [-0.2, 0) is 4.74 Å². The molecule has 0 saturated carbocycles. The van der Waals surface area contributed by atoms with Crippen LogP contribution in [0.1, 0.15) is 17.4 Å². The van der Waals surface area contributed by atoms with E-state index in [1.54, 1.807) is 6.07 Å². The van der Waals surface area contributed by atoms with Gasteiger partial charge in [0.2, 0.25) is 0 Å². The fourth-order valence-electron chi connectivity index (χ4n) is 1.77. The molecule has 0 aliphatic heterocycles. The fourth-order valence-corrected chi connectivity index (χ4v) is 1.77. The number of benzene rings is 1. The Bertz CT molecular complexity index is 586. The number of nitrogens with one attached hydrogen (secondary N) is 1. The summed E-state index contributed by atoms with van der Waals surface area (Å²) < 4.78 is 5.22. The van der Waals surface area contributed by atoms with Gasteiger partial charge in [0.25, 0.3) is 0 Å². The SMILES string of the molecule is CCOCCNc1c(C(=O)O)nnc2ccccc12. The number of hydrogen-bond acceptors (Lipinski definition) is 5. The van der Waals surface area contributed by atoms with E-state index in [1.807, 2.05) is 25.1 Å². The number of rotatable bonds is 6. The number of aromatic carboxylic acids is 1. The first-order valence-corrected chi connectivity index (χ1v) is 6.04. The number of carboxylic acid groups (broad SMARTS) is 1. The minimum atomic E-state index is -1.10. The summed E-state index contributed by atoms with van der Waals surface area (Å²) in [6.07, 6.45) is 0. The summed E-state index contributed by atoms with van der Waals surface area (Å²) in [5.41, 5.74) is 1.07. The first-order chi connectivity index (χ1) is 9.24. The summed E-state index contributed by atoms with van der Waals surface area (Å²) in [5.74, 6) is -1.10. The molecule has 1 heterocycles. The topological polar surface area (TPSA) is 84.3 Å². The van der Waals surface area contributed by atoms with E-state index in [-0.39, 0.29) is 5.69 Å². The van der Waals surface area contributed by atoms with Crippen LogP contribution in [0.5, 0.6) is 0 Å². The molecule has 0 radical (unpaired) electrons. The van der Waals surface area contributed by atoms with Gasteiger partial charge in [0, 0.05) is 18.5 Å². The number of nitrogens with zero attached hydrogens (tertiary/aromatic N) is 2. The average Bonchev–Trinajstić information content (AvgIpc) is 2.43. The molecule has 0 unspecified atom stereocenters. The smallest absolute Gasteiger partial charge is 0.358 e. The molecule has 2 N–H and O–H groups in total. The van der Waals surface area contributed by atoms with Crippen molar-refractivity contribution in [3.8, 4) is 0 Å². The number of carbonyl (C=O) groups is 1. The Morgan fingerprint density at radius 2 is 2.16 bits per heavy atom. The standard InChI is InChI=1S/C13H15N3O3/c1-2-19-8-7-14-11-9-5-3-4-6-10(9)15-16-12(11)13(17)18/h3-6H,2,7-8H2,1H3,(H,14,15)(H,17,18). The molecule has 1 aromatic heterocycles. The van der Waals surface area contributed by atoms with Crippen molar-refractivity contribution >= 4 is 22.6 Å². The summed E-state index contributed by atoms with van der Waals surface area (Å²) >= 11 is 0. The second-order valence-electron chi connectivity index (χ2n) is 3.87. The van der Waals surface area contributed by atoms with Gasteiger partial charge in [0.1, 0.15) is 0 Å². The number of anilines is 1. The molecule has 0 fully saturated rings. The first-order valence-electron chi connectivity index (χ1n) is 6.04. The quantitative estimate of drug-likeness (QED) is 0.771. The maximum atomic E-state index is 11.2. The minimum absolute atomic E-state index is 0.0739. The Morgan fingerprint density at radius 1 is 1.37 bits per heavy atom. The zero-order chi connectivity index (χ0) is 13.7. The van der Waals surface area contributed by atoms with Crippen molar-refractivity contribution in [3.05, 3.63) is 30.0 Å². The van der Waals surface area contributed by atoms with Gasteiger partial charge in [-0.05, 0) is 13.0 Å². The Labute approximate surface area is 110 Å². The molecule has 2 rings (SSSR count). The first kappa shape index (κ1) is 13.2. The molecular formula is C13H15N3O3. The summed E-state index contributed by atoms with van der Waals surface area (Å²) in [5, 5.41) is 20.6. The Morgan fingerprint density at radius 3 is 2.89 bits per heavy atom. The monoisotopic (exact) mass is 261 g/mol. The van der Waals surface area contributed by atoms with Crippen molar-refractivity contribution in [2.45, 2.75) is 6.92 Å². The Hall–Kier alpha value is -2.21. The van der Waals surface area contributed by atoms with Crippen molar-refractivity contribution in [2.75, 3.05) is 25.1 Å². The third kappa shape index (κ3) is 2.97. The molecule has 19 heavy (non-hydrogen) atoms. The van der Waals surface area contributed by atoms with E-state index in [2.05, 4.69) is 15.5 Å². The van der Waals surface area contributed by atoms with Gasteiger partial charge in [-0.2, -0.15) is 0 Å². The lowest BCUT2D eigenvalue weighted by molar-refractivity contribution is 0.0690. The summed E-state index contributed by atoms with van der Waals surface area (Å²) in [7, 11) is 0. The Kier molecular flexibility index (Phi) is 4.25. The van der Waals surface area contributed by atoms with E-state index in [9.17, 15) is 4.79 Å². The number of fused-ring (bicyclic) bond motifs is 1. The highest BCUT2D eigenvalue weighted by Gasteiger charge is 2.15. The van der Waals surface area contributed by atoms with Crippen LogP contribution in [-0.4, -0.2) is 41.0 Å². The number of carboxylic acids is 1. The molecule has 6 heteroatoms. The lowest BCUT2D eigenvalue weighted by atomic mass is 10.1. The molecule has 100 valence electrons. The molecule has 0 bridgehead atoms. The van der Waals surface area contributed by atoms with Crippen LogP contribution in [0.15, 0.2) is 24.3 Å². The minimum Gasteiger partial charge on any atom is -0.476 e. The van der Waals surface area contributed by atoms with Gasteiger partial charge in [-0.3, -0.25) is 0 Å². The molecule has 0 saturated heterocycles. The normalized spacial score (nSPS) is 10.6. The number of hydrogen-bond donors (Lipinski definition) is 2. The van der Waals surface area contributed by atoms with Gasteiger partial charge < -0.3 is 15.2 Å². The maximum absolute atomic E-state index is 11.2. The zero-order valence-corrected chi connectivity index (χ0v) is 10.6. The lowest BCUT2D eigenvalue weighted by Gasteiger charge is -2.11. The van der Waals surface area contributed by atoms with Crippen LogP contribution in [0.25, 0.3) is 10.9 Å². The third-order valence-electron chi connectivity index (χ3n) is 2.62. The molecule has 0 spiro atoms. The van der Waals surface area contributed by atoms with Crippen molar-refractivity contribution < 1.29 is 14.6 Å². The molecule has 0 aliphatic rings. The third-order valence-corrected chi connectivity index (χ3v) is 2.62. The molecule has 2 aromatic rings. The zero-order valence-electron chi connectivity index (χ0n) is 10.6. The summed E-state index contributed by atoms with van der Waals surface area (Å²) in [6.45, 7) is 3.56. The van der Waals surface area contributed by atoms with Crippen LogP contribution in [0.3, 0.4) is 0 Å². The molecule has 0 amide bonds. The second-order valence-corrected chi connectivity index (χ2v) is 3.87. The van der Waals surface area contributed by atoms with Crippen molar-refractivity contribution in [3.63, 3.8) is 0 Å². The van der Waals surface area contributed by atoms with Gasteiger partial charge in [0.05, 0.1) is 17.8 Å². The van der Waals surface area contributed by atoms with Crippen LogP contribution >= 0.6 is 0 Å². The van der Waals surface area contributed by atoms with Gasteiger partial charge in [-0.15, -0.1) is 10.2 Å². The van der Waals surface area contributed by atoms with E-state index < -0.39 is 5.97 Å². The predicted octanol–water partition coefficient (Wildman–Crippen LogP) is 1.78. The molecular weight excluding hydrogens is 246 g/mol. The lowest BCUT2D eigenvalue weighted by Crippen LogP contribution is -2.14. The second kappa shape index (κ2) is 6.10. The van der Waals surface area contributed by atoms with Crippen molar-refractivity contribution in [1.29, 1.82) is 0 Å². The predicted molar refractivity (Wildman–Crippen MR) is 71.5 cm³/mol. The fraction of sp³-hybridized carbons (Fsp3) is 0.308. The van der Waals surface area contributed by atoms with E-state index in [1.165, 1.54) is 0 Å². The van der Waals surface area contributed by atoms with E-state index in [4.69, 9.17) is 9.84 Å². The highest BCUT2D eigenvalue weighted by Crippen LogP contribution is 2.23. The van der Waals surface area contributed by atoms with E-state index in [0.29, 0.717) is 31.0 Å². The van der Waals surface area contributed by atoms with Crippen molar-refractivity contribution in [2.24, 2.45) is 0 Å². The van der Waals surface area contributed by atoms with E-state index >= 15 is 0 Å². The van der Waals surface area contributed by atoms with Crippen LogP contribution in [0.2, 0.25) is 0 Å². The Balaban J connectivity index is 2.35. The average molecular weight is 261 g/mol. The highest BCUT2D eigenvalue weighted by molar-refractivity contribution is 6.02. The molecule has 0 aliphatic carbocycles. The van der Waals surface area contributed by atoms with Gasteiger partial charge in [-0.1, -0.05) is 18.2 Å². The maximum Gasteiger partial charge on any atom is 0.358 e. The van der Waals surface area contributed by atoms with Crippen LogP contribution < -0.4 is 5.32 Å². The van der Waals surface area contributed by atoms with Crippen LogP contribution in [0, 0.1) is 0 Å². The molecule has 1 aromatic carbocycles. The van der Waals surface area contributed by atoms with Crippen molar-refractivity contribution in [1.82, 2.24) is 10.2 Å². The van der Waals surface area contributed by atoms with Crippen LogP contribution in [0.4, 0.5) is 5.69 Å². The number of aromatic nitrogens is 2. The highest BCUT2D eigenvalue weighted by atomic mass is 16.5. The molecule has 6 nitrogen and oxygen atoms in total.